The van der Waals surface area contributed by atoms with Gasteiger partial charge in [0.2, 0.25) is 0 Å². The minimum atomic E-state index is 0.166. The van der Waals surface area contributed by atoms with Crippen molar-refractivity contribution in [2.75, 3.05) is 4.90 Å². The molecular weight excluding hydrogens is 248 g/mol. The fourth-order valence-corrected chi connectivity index (χ4v) is 3.79. The van der Waals surface area contributed by atoms with Crippen molar-refractivity contribution in [1.29, 1.82) is 0 Å². The molecule has 2 rings (SSSR count). The number of oxime groups is 1. The van der Waals surface area contributed by atoms with E-state index in [2.05, 4.69) is 63.7 Å². The van der Waals surface area contributed by atoms with Gasteiger partial charge in [-0.3, -0.25) is 0 Å². The molecule has 1 aliphatic heterocycles. The Labute approximate surface area is 122 Å². The van der Waals surface area contributed by atoms with Crippen molar-refractivity contribution >= 4 is 11.9 Å². The lowest BCUT2D eigenvalue weighted by molar-refractivity contribution is 0.321. The number of rotatable bonds is 2. The van der Waals surface area contributed by atoms with E-state index in [9.17, 15) is 0 Å². The maximum atomic E-state index is 8.80. The fourth-order valence-electron chi connectivity index (χ4n) is 3.79. The maximum Gasteiger partial charge on any atom is 0.0736 e. The summed E-state index contributed by atoms with van der Waals surface area (Å²) in [5.74, 6) is 0.515. The maximum absolute atomic E-state index is 8.80. The number of nitrogens with zero attached hydrogens (tertiary/aromatic N) is 2. The van der Waals surface area contributed by atoms with Crippen LogP contribution in [0.15, 0.2) is 17.3 Å². The molecule has 0 aromatic heterocycles. The lowest BCUT2D eigenvalue weighted by Gasteiger charge is -2.50. The molecule has 0 saturated heterocycles. The smallest absolute Gasteiger partial charge is 0.0736 e. The highest BCUT2D eigenvalue weighted by molar-refractivity contribution is 5.83. The van der Waals surface area contributed by atoms with E-state index in [1.807, 2.05) is 0 Å². The van der Waals surface area contributed by atoms with Gasteiger partial charge in [0.25, 0.3) is 0 Å². The van der Waals surface area contributed by atoms with E-state index < -0.39 is 0 Å². The van der Waals surface area contributed by atoms with Crippen LogP contribution >= 0.6 is 0 Å². The van der Waals surface area contributed by atoms with Crippen LogP contribution in [0.3, 0.4) is 0 Å². The highest BCUT2D eigenvalue weighted by atomic mass is 16.4. The summed E-state index contributed by atoms with van der Waals surface area (Å²) in [5.41, 5.74) is 5.01. The molecule has 1 aliphatic rings. The predicted molar refractivity (Wildman–Crippen MR) is 85.3 cm³/mol. The summed E-state index contributed by atoms with van der Waals surface area (Å²) in [6.07, 6.45) is 2.67. The summed E-state index contributed by atoms with van der Waals surface area (Å²) in [7, 11) is 0. The standard InChI is InChI=1S/C17H26N2O/c1-11(2)19-16-7-12(3)14(10-18-20)8-15(16)13(4)9-17(19,5)6/h7-8,10-11,13,20H,9H2,1-6H3/b18-10-/t13-/m0/s1. The van der Waals surface area contributed by atoms with Crippen molar-refractivity contribution in [3.8, 4) is 0 Å². The SMILES string of the molecule is Cc1cc2c(cc1/C=N\O)[C@@H](C)CC(C)(C)N2C(C)C. The van der Waals surface area contributed by atoms with Crippen LogP contribution in [0.2, 0.25) is 0 Å². The van der Waals surface area contributed by atoms with E-state index in [0.29, 0.717) is 12.0 Å². The number of hydrogen-bond donors (Lipinski definition) is 1. The molecule has 0 spiro atoms. The summed E-state index contributed by atoms with van der Waals surface area (Å²) in [6.45, 7) is 13.5. The van der Waals surface area contributed by atoms with Crippen molar-refractivity contribution in [3.63, 3.8) is 0 Å². The zero-order valence-corrected chi connectivity index (χ0v) is 13.4. The second kappa shape index (κ2) is 5.12. The molecular formula is C17H26N2O. The topological polar surface area (TPSA) is 35.8 Å². The highest BCUT2D eigenvalue weighted by Gasteiger charge is 2.37. The third kappa shape index (κ3) is 2.41. The molecule has 20 heavy (non-hydrogen) atoms. The summed E-state index contributed by atoms with van der Waals surface area (Å²) < 4.78 is 0. The third-order valence-corrected chi connectivity index (χ3v) is 4.38. The number of fused-ring (bicyclic) bond motifs is 1. The van der Waals surface area contributed by atoms with Gasteiger partial charge >= 0.3 is 0 Å². The molecule has 3 nitrogen and oxygen atoms in total. The predicted octanol–water partition coefficient (Wildman–Crippen LogP) is 4.30. The van der Waals surface area contributed by atoms with Crippen LogP contribution in [0.5, 0.6) is 0 Å². The van der Waals surface area contributed by atoms with E-state index in [0.717, 1.165) is 17.5 Å². The molecule has 1 heterocycles. The van der Waals surface area contributed by atoms with Gasteiger partial charge in [0.05, 0.1) is 6.21 Å². The first-order valence-electron chi connectivity index (χ1n) is 7.39. The molecule has 3 heteroatoms. The summed E-state index contributed by atoms with van der Waals surface area (Å²) in [6, 6.07) is 4.89. The Hall–Kier alpha value is -1.51. The Morgan fingerprint density at radius 3 is 2.60 bits per heavy atom. The summed E-state index contributed by atoms with van der Waals surface area (Å²) >= 11 is 0. The Bertz CT molecular complexity index is 532. The third-order valence-electron chi connectivity index (χ3n) is 4.38. The minimum Gasteiger partial charge on any atom is -0.411 e. The molecule has 1 N–H and O–H groups in total. The van der Waals surface area contributed by atoms with Crippen molar-refractivity contribution in [3.05, 3.63) is 28.8 Å². The highest BCUT2D eigenvalue weighted by Crippen LogP contribution is 2.45. The van der Waals surface area contributed by atoms with Gasteiger partial charge < -0.3 is 10.1 Å². The molecule has 0 bridgehead atoms. The van der Waals surface area contributed by atoms with Gasteiger partial charge in [0.1, 0.15) is 0 Å². The van der Waals surface area contributed by atoms with Crippen LogP contribution in [0.1, 0.15) is 63.6 Å². The minimum absolute atomic E-state index is 0.166. The molecule has 0 unspecified atom stereocenters. The molecule has 1 aromatic rings. The second-order valence-corrected chi connectivity index (χ2v) is 6.89. The van der Waals surface area contributed by atoms with Crippen molar-refractivity contribution < 1.29 is 5.21 Å². The van der Waals surface area contributed by atoms with Gasteiger partial charge in [-0.2, -0.15) is 0 Å². The molecule has 1 atom stereocenters. The zero-order valence-electron chi connectivity index (χ0n) is 13.4. The molecule has 0 saturated carbocycles. The molecule has 0 aliphatic carbocycles. The quantitative estimate of drug-likeness (QED) is 0.496. The van der Waals surface area contributed by atoms with E-state index >= 15 is 0 Å². The van der Waals surface area contributed by atoms with Crippen LogP contribution in [0.25, 0.3) is 0 Å². The summed E-state index contributed by atoms with van der Waals surface area (Å²) in [4.78, 5) is 2.52. The van der Waals surface area contributed by atoms with Crippen LogP contribution in [0, 0.1) is 6.92 Å². The normalized spacial score (nSPS) is 21.6. The lowest BCUT2D eigenvalue weighted by atomic mass is 9.78. The van der Waals surface area contributed by atoms with Crippen molar-refractivity contribution in [2.45, 2.75) is 65.5 Å². The molecule has 110 valence electrons. The van der Waals surface area contributed by atoms with E-state index in [1.54, 1.807) is 0 Å². The zero-order chi connectivity index (χ0) is 15.1. The number of anilines is 1. The van der Waals surface area contributed by atoms with Crippen molar-refractivity contribution in [2.24, 2.45) is 5.16 Å². The van der Waals surface area contributed by atoms with Crippen LogP contribution < -0.4 is 4.90 Å². The Kier molecular flexibility index (Phi) is 3.81. The van der Waals surface area contributed by atoms with Gasteiger partial charge in [-0.25, -0.2) is 0 Å². The monoisotopic (exact) mass is 274 g/mol. The first-order valence-corrected chi connectivity index (χ1v) is 7.39. The molecule has 1 aromatic carbocycles. The molecule has 0 fully saturated rings. The van der Waals surface area contributed by atoms with Crippen LogP contribution in [-0.4, -0.2) is 23.0 Å². The largest absolute Gasteiger partial charge is 0.411 e. The van der Waals surface area contributed by atoms with E-state index in [1.165, 1.54) is 17.5 Å². The first-order chi connectivity index (χ1) is 9.27. The average molecular weight is 274 g/mol. The summed E-state index contributed by atoms with van der Waals surface area (Å²) in [5, 5.41) is 12.0. The van der Waals surface area contributed by atoms with Gasteiger partial charge in [-0.15, -0.1) is 0 Å². The van der Waals surface area contributed by atoms with Gasteiger partial charge in [-0.1, -0.05) is 12.1 Å². The lowest BCUT2D eigenvalue weighted by Crippen LogP contribution is -2.51. The Morgan fingerprint density at radius 2 is 2.05 bits per heavy atom. The Morgan fingerprint density at radius 1 is 1.40 bits per heavy atom. The Balaban J connectivity index is 2.63. The van der Waals surface area contributed by atoms with Gasteiger partial charge in [0.15, 0.2) is 0 Å². The number of benzene rings is 1. The van der Waals surface area contributed by atoms with E-state index in [4.69, 9.17) is 5.21 Å². The van der Waals surface area contributed by atoms with Crippen molar-refractivity contribution in [1.82, 2.24) is 0 Å². The average Bonchev–Trinajstić information content (AvgIpc) is 2.29. The van der Waals surface area contributed by atoms with Gasteiger partial charge in [-0.05, 0) is 75.8 Å². The first kappa shape index (κ1) is 14.9. The van der Waals surface area contributed by atoms with E-state index in [-0.39, 0.29) is 5.54 Å². The van der Waals surface area contributed by atoms with Crippen LogP contribution in [-0.2, 0) is 0 Å². The van der Waals surface area contributed by atoms with Gasteiger partial charge in [0, 0.05) is 17.3 Å². The molecule has 0 amide bonds. The number of aryl methyl sites for hydroxylation is 1. The fraction of sp³-hybridized carbons (Fsp3) is 0.588. The number of hydrogen-bond acceptors (Lipinski definition) is 3. The molecule has 0 radical (unpaired) electrons. The second-order valence-electron chi connectivity index (χ2n) is 6.89. The van der Waals surface area contributed by atoms with Crippen LogP contribution in [0.4, 0.5) is 5.69 Å².